The molecule has 0 saturated heterocycles. The van der Waals surface area contributed by atoms with Crippen molar-refractivity contribution >= 4 is 40.0 Å². The van der Waals surface area contributed by atoms with Crippen LogP contribution in [0.15, 0.2) is 66.9 Å². The Morgan fingerprint density at radius 1 is 1.04 bits per heavy atom. The van der Waals surface area contributed by atoms with Crippen molar-refractivity contribution in [2.75, 3.05) is 0 Å². The summed E-state index contributed by atoms with van der Waals surface area (Å²) in [4.78, 5) is 12.8. The van der Waals surface area contributed by atoms with Crippen molar-refractivity contribution < 1.29 is 4.79 Å². The van der Waals surface area contributed by atoms with Crippen molar-refractivity contribution in [3.8, 4) is 5.69 Å². The molecular formula is C22H17Cl2N3O. The van der Waals surface area contributed by atoms with Gasteiger partial charge in [-0.2, -0.15) is 5.10 Å². The first-order valence-electron chi connectivity index (χ1n) is 8.79. The number of fused-ring (bicyclic) bond motifs is 1. The van der Waals surface area contributed by atoms with Gasteiger partial charge in [-0.3, -0.25) is 4.79 Å². The molecular weight excluding hydrogens is 393 g/mol. The second kappa shape index (κ2) is 7.66. The normalized spacial score (nSPS) is 11.0. The van der Waals surface area contributed by atoms with Gasteiger partial charge in [-0.25, -0.2) is 4.68 Å². The van der Waals surface area contributed by atoms with E-state index in [9.17, 15) is 4.79 Å². The van der Waals surface area contributed by atoms with Crippen molar-refractivity contribution in [2.24, 2.45) is 0 Å². The zero-order valence-corrected chi connectivity index (χ0v) is 16.6. The molecule has 4 nitrogen and oxygen atoms in total. The zero-order valence-electron chi connectivity index (χ0n) is 15.1. The summed E-state index contributed by atoms with van der Waals surface area (Å²) in [5, 5.41) is 9.16. The van der Waals surface area contributed by atoms with Crippen LogP contribution in [-0.4, -0.2) is 15.7 Å². The number of carbonyl (C=O) groups excluding carboxylic acids is 1. The molecule has 1 N–H and O–H groups in total. The average molecular weight is 410 g/mol. The van der Waals surface area contributed by atoms with Gasteiger partial charge in [-0.05, 0) is 48.4 Å². The quantitative estimate of drug-likeness (QED) is 0.478. The van der Waals surface area contributed by atoms with Crippen molar-refractivity contribution in [3.63, 3.8) is 0 Å². The van der Waals surface area contributed by atoms with E-state index in [1.165, 1.54) is 0 Å². The monoisotopic (exact) mass is 409 g/mol. The molecule has 4 aromatic rings. The Labute approximate surface area is 172 Å². The molecule has 1 heterocycles. The van der Waals surface area contributed by atoms with Crippen LogP contribution in [-0.2, 0) is 6.54 Å². The Morgan fingerprint density at radius 2 is 1.86 bits per heavy atom. The smallest absolute Gasteiger partial charge is 0.252 e. The Balaban J connectivity index is 1.65. The first kappa shape index (κ1) is 18.5. The lowest BCUT2D eigenvalue weighted by Gasteiger charge is -2.09. The summed E-state index contributed by atoms with van der Waals surface area (Å²) < 4.78 is 1.75. The summed E-state index contributed by atoms with van der Waals surface area (Å²) in [7, 11) is 0. The Kier molecular flexibility index (Phi) is 5.07. The Hall–Kier alpha value is -2.82. The molecule has 0 bridgehead atoms. The minimum absolute atomic E-state index is 0.137. The molecule has 0 aliphatic carbocycles. The molecule has 4 rings (SSSR count). The topological polar surface area (TPSA) is 46.9 Å². The minimum Gasteiger partial charge on any atom is -0.348 e. The number of rotatable bonds is 4. The van der Waals surface area contributed by atoms with Crippen LogP contribution in [0.4, 0.5) is 0 Å². The van der Waals surface area contributed by atoms with Crippen LogP contribution in [0.25, 0.3) is 16.6 Å². The van der Waals surface area contributed by atoms with Crippen LogP contribution in [0.5, 0.6) is 0 Å². The van der Waals surface area contributed by atoms with E-state index in [1.54, 1.807) is 29.1 Å². The fourth-order valence-electron chi connectivity index (χ4n) is 3.15. The highest BCUT2D eigenvalue weighted by atomic mass is 35.5. The summed E-state index contributed by atoms with van der Waals surface area (Å²) in [5.74, 6) is -0.137. The van der Waals surface area contributed by atoms with E-state index in [-0.39, 0.29) is 5.91 Å². The van der Waals surface area contributed by atoms with Crippen LogP contribution in [0.2, 0.25) is 10.0 Å². The highest BCUT2D eigenvalue weighted by Gasteiger charge is 2.14. The molecule has 0 unspecified atom stereocenters. The maximum atomic E-state index is 12.8. The molecule has 0 atom stereocenters. The third kappa shape index (κ3) is 3.49. The maximum Gasteiger partial charge on any atom is 0.252 e. The minimum atomic E-state index is -0.137. The predicted molar refractivity (Wildman–Crippen MR) is 113 cm³/mol. The van der Waals surface area contributed by atoms with Crippen LogP contribution in [0.3, 0.4) is 0 Å². The van der Waals surface area contributed by atoms with Gasteiger partial charge in [0, 0.05) is 11.9 Å². The average Bonchev–Trinajstić information content (AvgIpc) is 3.13. The molecule has 6 heteroatoms. The molecule has 1 amide bonds. The molecule has 3 aromatic carbocycles. The maximum absolute atomic E-state index is 12.8. The van der Waals surface area contributed by atoms with Gasteiger partial charge in [0.2, 0.25) is 0 Å². The summed E-state index contributed by atoms with van der Waals surface area (Å²) >= 11 is 12.1. The molecule has 0 fully saturated rings. The van der Waals surface area contributed by atoms with Crippen LogP contribution >= 0.6 is 23.2 Å². The molecule has 140 valence electrons. The van der Waals surface area contributed by atoms with E-state index < -0.39 is 0 Å². The number of amides is 1. The van der Waals surface area contributed by atoms with Gasteiger partial charge < -0.3 is 5.32 Å². The number of hydrogen-bond acceptors (Lipinski definition) is 2. The zero-order chi connectivity index (χ0) is 19.7. The number of halogens is 2. The number of nitrogens with one attached hydrogen (secondary N) is 1. The summed E-state index contributed by atoms with van der Waals surface area (Å²) in [6, 6.07) is 18.9. The van der Waals surface area contributed by atoms with Crippen LogP contribution in [0.1, 0.15) is 21.5 Å². The van der Waals surface area contributed by atoms with Crippen molar-refractivity contribution in [3.05, 3.63) is 93.6 Å². The highest BCUT2D eigenvalue weighted by Crippen LogP contribution is 2.27. The SMILES string of the molecule is Cc1ccccc1CNC(=O)c1cccc2c1cnn2-c1ccc(Cl)c(Cl)c1. The van der Waals surface area contributed by atoms with E-state index >= 15 is 0 Å². The molecule has 0 saturated carbocycles. The third-order valence-corrected chi connectivity index (χ3v) is 5.45. The number of carbonyl (C=O) groups is 1. The highest BCUT2D eigenvalue weighted by molar-refractivity contribution is 6.42. The van der Waals surface area contributed by atoms with Gasteiger partial charge in [-0.1, -0.05) is 53.5 Å². The Morgan fingerprint density at radius 3 is 2.64 bits per heavy atom. The molecule has 0 spiro atoms. The van der Waals surface area contributed by atoms with E-state index in [0.717, 1.165) is 27.7 Å². The van der Waals surface area contributed by atoms with Gasteiger partial charge in [0.15, 0.2) is 0 Å². The van der Waals surface area contributed by atoms with E-state index in [4.69, 9.17) is 23.2 Å². The Bertz CT molecular complexity index is 1180. The van der Waals surface area contributed by atoms with Crippen molar-refractivity contribution in [2.45, 2.75) is 13.5 Å². The molecule has 1 aromatic heterocycles. The number of benzene rings is 3. The van der Waals surface area contributed by atoms with Crippen molar-refractivity contribution in [1.29, 1.82) is 0 Å². The second-order valence-electron chi connectivity index (χ2n) is 6.50. The first-order valence-corrected chi connectivity index (χ1v) is 9.55. The largest absolute Gasteiger partial charge is 0.348 e. The third-order valence-electron chi connectivity index (χ3n) is 4.71. The van der Waals surface area contributed by atoms with Crippen LogP contribution in [0, 0.1) is 6.92 Å². The summed E-state index contributed by atoms with van der Waals surface area (Å²) in [5.41, 5.74) is 4.42. The lowest BCUT2D eigenvalue weighted by Crippen LogP contribution is -2.23. The fraction of sp³-hybridized carbons (Fsp3) is 0.0909. The summed E-state index contributed by atoms with van der Waals surface area (Å²) in [6.45, 7) is 2.51. The molecule has 0 aliphatic heterocycles. The number of aryl methyl sites for hydroxylation is 1. The van der Waals surface area contributed by atoms with Gasteiger partial charge in [0.25, 0.3) is 5.91 Å². The molecule has 28 heavy (non-hydrogen) atoms. The molecule has 0 aliphatic rings. The molecule has 0 radical (unpaired) electrons. The van der Waals surface area contributed by atoms with Gasteiger partial charge >= 0.3 is 0 Å². The summed E-state index contributed by atoms with van der Waals surface area (Å²) in [6.07, 6.45) is 1.69. The van der Waals surface area contributed by atoms with Crippen molar-refractivity contribution in [1.82, 2.24) is 15.1 Å². The predicted octanol–water partition coefficient (Wildman–Crippen LogP) is 5.57. The van der Waals surface area contributed by atoms with Crippen LogP contribution < -0.4 is 5.32 Å². The van der Waals surface area contributed by atoms with Gasteiger partial charge in [-0.15, -0.1) is 0 Å². The standard InChI is InChI=1S/C22H17Cl2N3O/c1-14-5-2-3-6-15(14)12-25-22(28)17-7-4-8-21-18(17)13-26-27(21)16-9-10-19(23)20(24)11-16/h2-11,13H,12H2,1H3,(H,25,28). The number of hydrogen-bond donors (Lipinski definition) is 1. The first-order chi connectivity index (χ1) is 13.5. The van der Waals surface area contributed by atoms with Gasteiger partial charge in [0.1, 0.15) is 0 Å². The van der Waals surface area contributed by atoms with E-state index in [2.05, 4.69) is 10.4 Å². The van der Waals surface area contributed by atoms with E-state index in [0.29, 0.717) is 22.2 Å². The fourth-order valence-corrected chi connectivity index (χ4v) is 3.44. The second-order valence-corrected chi connectivity index (χ2v) is 7.32. The number of aromatic nitrogens is 2. The number of nitrogens with zero attached hydrogens (tertiary/aromatic N) is 2. The lowest BCUT2D eigenvalue weighted by molar-refractivity contribution is 0.0952. The van der Waals surface area contributed by atoms with E-state index in [1.807, 2.05) is 49.4 Å². The van der Waals surface area contributed by atoms with Gasteiger partial charge in [0.05, 0.1) is 33.0 Å². The lowest BCUT2D eigenvalue weighted by atomic mass is 10.1.